The Morgan fingerprint density at radius 2 is 1.56 bits per heavy atom. The third-order valence-electron chi connectivity index (χ3n) is 7.86. The molecule has 3 aromatic carbocycles. The van der Waals surface area contributed by atoms with Gasteiger partial charge in [-0.25, -0.2) is 0 Å². The molecular formula is C36H40N4O8. The van der Waals surface area contributed by atoms with Crippen LogP contribution < -0.4 is 25.4 Å². The molecule has 4 amide bonds. The highest BCUT2D eigenvalue weighted by Crippen LogP contribution is 2.33. The smallest absolute Gasteiger partial charge is 0.258 e. The van der Waals surface area contributed by atoms with E-state index >= 15 is 0 Å². The van der Waals surface area contributed by atoms with E-state index in [1.807, 2.05) is 43.4 Å². The third kappa shape index (κ3) is 9.43. The van der Waals surface area contributed by atoms with Crippen LogP contribution >= 0.6 is 0 Å². The quantitative estimate of drug-likeness (QED) is 0.113. The minimum Gasteiger partial charge on any atom is -0.491 e. The summed E-state index contributed by atoms with van der Waals surface area (Å²) >= 11 is 0. The molecule has 5 rings (SSSR count). The summed E-state index contributed by atoms with van der Waals surface area (Å²) in [6, 6.07) is 20.5. The molecule has 1 saturated heterocycles. The summed E-state index contributed by atoms with van der Waals surface area (Å²) in [5, 5.41) is 8.11. The molecule has 1 atom stereocenters. The average Bonchev–Trinajstić information content (AvgIpc) is 3.44. The van der Waals surface area contributed by atoms with Crippen molar-refractivity contribution in [2.75, 3.05) is 58.6 Å². The van der Waals surface area contributed by atoms with E-state index < -0.39 is 11.9 Å². The van der Waals surface area contributed by atoms with Crippen molar-refractivity contribution in [2.45, 2.75) is 25.4 Å². The fourth-order valence-corrected chi connectivity index (χ4v) is 5.33. The maximum absolute atomic E-state index is 13.1. The van der Waals surface area contributed by atoms with Crippen LogP contribution in [0.15, 0.2) is 66.7 Å². The molecular weight excluding hydrogens is 616 g/mol. The first-order valence-corrected chi connectivity index (χ1v) is 15.9. The number of carbonyl (C=O) groups is 4. The molecule has 0 bridgehead atoms. The number of amides is 4. The lowest BCUT2D eigenvalue weighted by Gasteiger charge is -2.29. The first kappa shape index (κ1) is 34.1. The van der Waals surface area contributed by atoms with Gasteiger partial charge < -0.3 is 34.5 Å². The third-order valence-corrected chi connectivity index (χ3v) is 7.86. The molecule has 0 aliphatic carbocycles. The minimum atomic E-state index is -0.720. The zero-order valence-corrected chi connectivity index (χ0v) is 26.9. The van der Waals surface area contributed by atoms with E-state index in [1.165, 1.54) is 4.90 Å². The van der Waals surface area contributed by atoms with Crippen LogP contribution in [0, 0.1) is 0 Å². The minimum absolute atomic E-state index is 0.176. The summed E-state index contributed by atoms with van der Waals surface area (Å²) in [5.41, 5.74) is 4.31. The number of carbonyl (C=O) groups excluding carboxylic acids is 4. The number of hydrogen-bond donors (Lipinski definition) is 3. The van der Waals surface area contributed by atoms with Crippen LogP contribution in [0.3, 0.4) is 0 Å². The molecule has 1 fully saturated rings. The highest BCUT2D eigenvalue weighted by molar-refractivity contribution is 6.06. The lowest BCUT2D eigenvalue weighted by molar-refractivity contribution is -0.137. The Hall–Kier alpha value is -5.20. The van der Waals surface area contributed by atoms with Gasteiger partial charge in [-0.2, -0.15) is 0 Å². The van der Waals surface area contributed by atoms with Crippen molar-refractivity contribution < 1.29 is 38.1 Å². The van der Waals surface area contributed by atoms with Crippen LogP contribution in [0.4, 0.5) is 5.69 Å². The highest BCUT2D eigenvalue weighted by Gasteiger charge is 2.40. The van der Waals surface area contributed by atoms with Gasteiger partial charge in [0.25, 0.3) is 11.8 Å². The Labute approximate surface area is 279 Å². The average molecular weight is 657 g/mol. The second kappa shape index (κ2) is 17.1. The van der Waals surface area contributed by atoms with Gasteiger partial charge in [-0.05, 0) is 53.4 Å². The molecule has 3 aromatic rings. The second-order valence-electron chi connectivity index (χ2n) is 11.2. The van der Waals surface area contributed by atoms with Crippen LogP contribution in [0.25, 0.3) is 12.2 Å². The first-order chi connectivity index (χ1) is 23.4. The zero-order chi connectivity index (χ0) is 33.7. The number of piperidine rings is 1. The SMILES string of the molecule is CNc1ccc(/C=C/c2ccc(OCCOCCOCCNC(=O)COc3cccc4c3C(=O)N(C3CCC(=O)NC3=O)C4)cc2)cc1. The maximum Gasteiger partial charge on any atom is 0.258 e. The Kier molecular flexibility index (Phi) is 12.2. The monoisotopic (exact) mass is 656 g/mol. The van der Waals surface area contributed by atoms with Crippen molar-refractivity contribution in [2.24, 2.45) is 0 Å². The van der Waals surface area contributed by atoms with Crippen molar-refractivity contribution in [3.05, 3.63) is 89.0 Å². The molecule has 48 heavy (non-hydrogen) atoms. The molecule has 12 nitrogen and oxygen atoms in total. The van der Waals surface area contributed by atoms with E-state index in [-0.39, 0.29) is 56.0 Å². The lowest BCUT2D eigenvalue weighted by atomic mass is 10.0. The van der Waals surface area contributed by atoms with Gasteiger partial charge in [0.05, 0.1) is 32.0 Å². The summed E-state index contributed by atoms with van der Waals surface area (Å²) < 4.78 is 22.5. The number of hydrogen-bond acceptors (Lipinski definition) is 9. The number of nitrogens with zero attached hydrogens (tertiary/aromatic N) is 1. The van der Waals surface area contributed by atoms with Gasteiger partial charge >= 0.3 is 0 Å². The summed E-state index contributed by atoms with van der Waals surface area (Å²) in [4.78, 5) is 50.7. The van der Waals surface area contributed by atoms with Crippen molar-refractivity contribution in [1.82, 2.24) is 15.5 Å². The summed E-state index contributed by atoms with van der Waals surface area (Å²) in [7, 11) is 1.90. The largest absolute Gasteiger partial charge is 0.491 e. The number of ether oxygens (including phenoxy) is 4. The number of benzene rings is 3. The fraction of sp³-hybridized carbons (Fsp3) is 0.333. The number of anilines is 1. The summed E-state index contributed by atoms with van der Waals surface area (Å²) in [6.07, 6.45) is 4.57. The standard InChI is InChI=1S/C36H40N4O8/c1-37-28-11-7-25(8-12-28)5-6-26-9-13-29(14-10-26)47-22-21-46-20-19-45-18-17-38-33(42)24-48-31-4-2-3-27-23-40(36(44)34(27)31)30-15-16-32(41)39-35(30)43/h2-14,30,37H,15-24H2,1H3,(H,38,42)(H,39,41,43)/b6-5+. The van der Waals surface area contributed by atoms with Gasteiger partial charge in [0.15, 0.2) is 6.61 Å². The summed E-state index contributed by atoms with van der Waals surface area (Å²) in [6.45, 7) is 2.12. The Morgan fingerprint density at radius 1 is 0.875 bits per heavy atom. The van der Waals surface area contributed by atoms with Crippen LogP contribution in [-0.4, -0.2) is 87.8 Å². The van der Waals surface area contributed by atoms with Gasteiger partial charge in [0, 0.05) is 32.2 Å². The van der Waals surface area contributed by atoms with Crippen molar-refractivity contribution in [3.63, 3.8) is 0 Å². The number of rotatable bonds is 17. The van der Waals surface area contributed by atoms with Gasteiger partial charge in [0.2, 0.25) is 11.8 Å². The molecule has 0 spiro atoms. The van der Waals surface area contributed by atoms with Gasteiger partial charge in [-0.15, -0.1) is 0 Å². The fourth-order valence-electron chi connectivity index (χ4n) is 5.33. The van der Waals surface area contributed by atoms with E-state index in [1.54, 1.807) is 18.2 Å². The van der Waals surface area contributed by atoms with Crippen molar-refractivity contribution in [1.29, 1.82) is 0 Å². The van der Waals surface area contributed by atoms with Gasteiger partial charge in [-0.3, -0.25) is 24.5 Å². The normalized spacial score (nSPS) is 15.7. The zero-order valence-electron chi connectivity index (χ0n) is 26.9. The van der Waals surface area contributed by atoms with E-state index in [0.717, 1.165) is 22.6 Å². The molecule has 0 aromatic heterocycles. The van der Waals surface area contributed by atoms with Crippen LogP contribution in [0.5, 0.6) is 11.5 Å². The van der Waals surface area contributed by atoms with Gasteiger partial charge in [0.1, 0.15) is 24.1 Å². The van der Waals surface area contributed by atoms with Crippen molar-refractivity contribution >= 4 is 41.5 Å². The van der Waals surface area contributed by atoms with Crippen LogP contribution in [-0.2, 0) is 30.4 Å². The van der Waals surface area contributed by atoms with E-state index in [0.29, 0.717) is 44.2 Å². The number of fused-ring (bicyclic) bond motifs is 1. The topological polar surface area (TPSA) is 145 Å². The van der Waals surface area contributed by atoms with E-state index in [2.05, 4.69) is 40.2 Å². The number of nitrogens with one attached hydrogen (secondary N) is 3. The van der Waals surface area contributed by atoms with Crippen LogP contribution in [0.1, 0.15) is 39.9 Å². The van der Waals surface area contributed by atoms with Gasteiger partial charge in [-0.1, -0.05) is 48.6 Å². The predicted molar refractivity (Wildman–Crippen MR) is 179 cm³/mol. The van der Waals surface area contributed by atoms with Crippen LogP contribution in [0.2, 0.25) is 0 Å². The Balaban J connectivity index is 0.901. The molecule has 252 valence electrons. The Bertz CT molecular complexity index is 1610. The molecule has 1 unspecified atom stereocenters. The molecule has 0 radical (unpaired) electrons. The second-order valence-corrected chi connectivity index (χ2v) is 11.2. The lowest BCUT2D eigenvalue weighted by Crippen LogP contribution is -2.52. The molecule has 2 aliphatic rings. The summed E-state index contributed by atoms with van der Waals surface area (Å²) in [5.74, 6) is -0.501. The highest BCUT2D eigenvalue weighted by atomic mass is 16.5. The van der Waals surface area contributed by atoms with Crippen molar-refractivity contribution in [3.8, 4) is 11.5 Å². The predicted octanol–water partition coefficient (Wildman–Crippen LogP) is 3.27. The number of imide groups is 1. The Morgan fingerprint density at radius 3 is 2.27 bits per heavy atom. The molecule has 2 aliphatic heterocycles. The molecule has 12 heteroatoms. The van der Waals surface area contributed by atoms with E-state index in [4.69, 9.17) is 18.9 Å². The van der Waals surface area contributed by atoms with E-state index in [9.17, 15) is 19.2 Å². The maximum atomic E-state index is 13.1. The molecule has 0 saturated carbocycles. The molecule has 2 heterocycles. The molecule has 3 N–H and O–H groups in total. The first-order valence-electron chi connectivity index (χ1n) is 15.9.